The predicted molar refractivity (Wildman–Crippen MR) is 99.3 cm³/mol. The number of piperidine rings is 1. The molecule has 1 N–H and O–H groups in total. The van der Waals surface area contributed by atoms with Crippen molar-refractivity contribution in [1.82, 2.24) is 14.5 Å². The fourth-order valence-electron chi connectivity index (χ4n) is 3.57. The van der Waals surface area contributed by atoms with Gasteiger partial charge in [-0.15, -0.1) is 0 Å². The van der Waals surface area contributed by atoms with Gasteiger partial charge in [0.25, 0.3) is 0 Å². The Bertz CT molecular complexity index is 717. The fraction of sp³-hybridized carbons (Fsp3) is 0.611. The molecule has 0 spiro atoms. The van der Waals surface area contributed by atoms with Gasteiger partial charge < -0.3 is 15.0 Å². The van der Waals surface area contributed by atoms with Gasteiger partial charge in [0.2, 0.25) is 10.0 Å². The first-order valence-corrected chi connectivity index (χ1v) is 10.9. The summed E-state index contributed by atoms with van der Waals surface area (Å²) in [5.74, 6) is 0. The molecule has 1 aromatic rings. The summed E-state index contributed by atoms with van der Waals surface area (Å²) in [5.41, 5.74) is 1.07. The topological polar surface area (TPSA) is 79.0 Å². The minimum atomic E-state index is -3.15. The molecule has 2 heterocycles. The Morgan fingerprint density at radius 3 is 2.42 bits per heavy atom. The lowest BCUT2D eigenvalue weighted by Gasteiger charge is -2.38. The second kappa shape index (κ2) is 7.94. The number of urea groups is 1. The molecule has 1 aromatic carbocycles. The Morgan fingerprint density at radius 2 is 1.81 bits per heavy atom. The second-order valence-corrected chi connectivity index (χ2v) is 9.12. The highest BCUT2D eigenvalue weighted by Gasteiger charge is 2.31. The van der Waals surface area contributed by atoms with Crippen LogP contribution >= 0.6 is 0 Å². The van der Waals surface area contributed by atoms with Crippen LogP contribution in [-0.2, 0) is 14.8 Å². The van der Waals surface area contributed by atoms with Crippen molar-refractivity contribution in [3.05, 3.63) is 35.9 Å². The molecule has 2 unspecified atom stereocenters. The van der Waals surface area contributed by atoms with Crippen LogP contribution in [0.1, 0.15) is 31.4 Å². The molecular formula is C18H27N3O4S. The van der Waals surface area contributed by atoms with Crippen LogP contribution in [0.2, 0.25) is 0 Å². The van der Waals surface area contributed by atoms with E-state index >= 15 is 0 Å². The van der Waals surface area contributed by atoms with Gasteiger partial charge in [-0.3, -0.25) is 0 Å². The molecule has 0 radical (unpaired) electrons. The summed E-state index contributed by atoms with van der Waals surface area (Å²) in [7, 11) is -3.15. The summed E-state index contributed by atoms with van der Waals surface area (Å²) in [5, 5.41) is 3.06. The average molecular weight is 381 g/mol. The molecule has 2 amide bonds. The Morgan fingerprint density at radius 1 is 1.15 bits per heavy atom. The van der Waals surface area contributed by atoms with Gasteiger partial charge in [0, 0.05) is 25.7 Å². The first-order chi connectivity index (χ1) is 12.3. The summed E-state index contributed by atoms with van der Waals surface area (Å²) in [6.07, 6.45) is 2.34. The molecule has 0 aromatic heterocycles. The van der Waals surface area contributed by atoms with Crippen molar-refractivity contribution < 1.29 is 17.9 Å². The Balaban J connectivity index is 1.56. The van der Waals surface area contributed by atoms with Crippen molar-refractivity contribution in [3.8, 4) is 0 Å². The van der Waals surface area contributed by atoms with Crippen LogP contribution in [0.15, 0.2) is 30.3 Å². The van der Waals surface area contributed by atoms with Gasteiger partial charge in [-0.05, 0) is 25.3 Å². The van der Waals surface area contributed by atoms with E-state index in [1.165, 1.54) is 10.6 Å². The Hall–Kier alpha value is -1.64. The Kier molecular flexibility index (Phi) is 5.84. The van der Waals surface area contributed by atoms with E-state index in [0.29, 0.717) is 39.0 Å². The summed E-state index contributed by atoms with van der Waals surface area (Å²) in [4.78, 5) is 14.5. The molecular weight excluding hydrogens is 354 g/mol. The molecule has 144 valence electrons. The second-order valence-electron chi connectivity index (χ2n) is 7.14. The van der Waals surface area contributed by atoms with Gasteiger partial charge in [0.1, 0.15) is 6.10 Å². The van der Waals surface area contributed by atoms with E-state index in [-0.39, 0.29) is 24.3 Å². The maximum Gasteiger partial charge on any atom is 0.317 e. The van der Waals surface area contributed by atoms with Crippen LogP contribution < -0.4 is 5.32 Å². The Labute approximate surface area is 155 Å². The number of hydrogen-bond donors (Lipinski definition) is 1. The number of nitrogens with one attached hydrogen (secondary N) is 1. The highest BCUT2D eigenvalue weighted by Crippen LogP contribution is 2.25. The number of rotatable bonds is 3. The van der Waals surface area contributed by atoms with Crippen molar-refractivity contribution in [2.24, 2.45) is 0 Å². The lowest BCUT2D eigenvalue weighted by atomic mass is 10.1. The van der Waals surface area contributed by atoms with E-state index in [0.717, 1.165) is 5.56 Å². The van der Waals surface area contributed by atoms with Crippen molar-refractivity contribution in [1.29, 1.82) is 0 Å². The van der Waals surface area contributed by atoms with Crippen LogP contribution in [0.3, 0.4) is 0 Å². The molecule has 7 nitrogen and oxygen atoms in total. The zero-order chi connectivity index (χ0) is 18.7. The van der Waals surface area contributed by atoms with E-state index in [1.807, 2.05) is 37.3 Å². The van der Waals surface area contributed by atoms with E-state index in [9.17, 15) is 13.2 Å². The highest BCUT2D eigenvalue weighted by molar-refractivity contribution is 7.88. The van der Waals surface area contributed by atoms with Crippen molar-refractivity contribution in [2.75, 3.05) is 32.4 Å². The van der Waals surface area contributed by atoms with Crippen molar-refractivity contribution in [2.45, 2.75) is 38.0 Å². The fourth-order valence-corrected chi connectivity index (χ4v) is 4.44. The SMILES string of the molecule is CC1CN(C(=O)NC2CCN(S(C)(=O)=O)CC2)CC(c2ccccc2)O1. The van der Waals surface area contributed by atoms with Crippen molar-refractivity contribution in [3.63, 3.8) is 0 Å². The number of sulfonamides is 1. The lowest BCUT2D eigenvalue weighted by Crippen LogP contribution is -2.54. The number of ether oxygens (including phenoxy) is 1. The van der Waals surface area contributed by atoms with Gasteiger partial charge in [-0.25, -0.2) is 17.5 Å². The molecule has 0 saturated carbocycles. The molecule has 8 heteroatoms. The van der Waals surface area contributed by atoms with Crippen LogP contribution in [0.25, 0.3) is 0 Å². The minimum absolute atomic E-state index is 0.00817. The van der Waals surface area contributed by atoms with Gasteiger partial charge >= 0.3 is 6.03 Å². The number of nitrogens with zero attached hydrogens (tertiary/aromatic N) is 2. The van der Waals surface area contributed by atoms with E-state index in [2.05, 4.69) is 5.32 Å². The first kappa shape index (κ1) is 19.1. The molecule has 26 heavy (non-hydrogen) atoms. The molecule has 0 aliphatic carbocycles. The van der Waals surface area contributed by atoms with Gasteiger partial charge in [0.15, 0.2) is 0 Å². The number of amides is 2. The van der Waals surface area contributed by atoms with Gasteiger partial charge in [0.05, 0.1) is 18.9 Å². The maximum atomic E-state index is 12.7. The summed E-state index contributed by atoms with van der Waals surface area (Å²) in [6.45, 7) is 3.95. The molecule has 3 rings (SSSR count). The number of hydrogen-bond acceptors (Lipinski definition) is 4. The van der Waals surface area contributed by atoms with Crippen LogP contribution in [0.5, 0.6) is 0 Å². The largest absolute Gasteiger partial charge is 0.367 e. The summed E-state index contributed by atoms with van der Waals surface area (Å²) < 4.78 is 30.6. The molecule has 2 atom stereocenters. The summed E-state index contributed by atoms with van der Waals surface area (Å²) in [6, 6.07) is 9.84. The molecule has 0 bridgehead atoms. The third kappa shape index (κ3) is 4.75. The van der Waals surface area contributed by atoms with E-state index in [1.54, 1.807) is 4.90 Å². The predicted octanol–water partition coefficient (Wildman–Crippen LogP) is 1.58. The molecule has 2 saturated heterocycles. The smallest absolute Gasteiger partial charge is 0.317 e. The highest BCUT2D eigenvalue weighted by atomic mass is 32.2. The zero-order valence-corrected chi connectivity index (χ0v) is 16.1. The lowest BCUT2D eigenvalue weighted by molar-refractivity contribution is -0.0660. The van der Waals surface area contributed by atoms with Crippen LogP contribution in [0, 0.1) is 0 Å². The van der Waals surface area contributed by atoms with Gasteiger partial charge in [-0.2, -0.15) is 0 Å². The van der Waals surface area contributed by atoms with E-state index < -0.39 is 10.0 Å². The van der Waals surface area contributed by atoms with E-state index in [4.69, 9.17) is 4.74 Å². The zero-order valence-electron chi connectivity index (χ0n) is 15.3. The molecule has 2 fully saturated rings. The first-order valence-electron chi connectivity index (χ1n) is 9.04. The van der Waals surface area contributed by atoms with Crippen LogP contribution in [0.4, 0.5) is 4.79 Å². The van der Waals surface area contributed by atoms with Crippen LogP contribution in [-0.4, -0.2) is 68.2 Å². The monoisotopic (exact) mass is 381 g/mol. The third-order valence-electron chi connectivity index (χ3n) is 4.97. The molecule has 2 aliphatic heterocycles. The summed E-state index contributed by atoms with van der Waals surface area (Å²) >= 11 is 0. The number of carbonyl (C=O) groups is 1. The average Bonchev–Trinajstić information content (AvgIpc) is 2.61. The third-order valence-corrected chi connectivity index (χ3v) is 6.27. The van der Waals surface area contributed by atoms with Crippen molar-refractivity contribution >= 4 is 16.1 Å². The molecule has 2 aliphatic rings. The normalized spacial score (nSPS) is 25.8. The maximum absolute atomic E-state index is 12.7. The number of morpholine rings is 1. The quantitative estimate of drug-likeness (QED) is 0.862. The number of carbonyl (C=O) groups excluding carboxylic acids is 1. The minimum Gasteiger partial charge on any atom is -0.367 e. The standard InChI is InChI=1S/C18H27N3O4S/c1-14-12-20(13-17(25-14)15-6-4-3-5-7-15)18(22)19-16-8-10-21(11-9-16)26(2,23)24/h3-7,14,16-17H,8-13H2,1-2H3,(H,19,22). The number of benzene rings is 1. The van der Waals surface area contributed by atoms with Gasteiger partial charge in [-0.1, -0.05) is 30.3 Å².